The van der Waals surface area contributed by atoms with Crippen LogP contribution in [0.1, 0.15) is 79.1 Å². The van der Waals surface area contributed by atoms with E-state index in [0.717, 1.165) is 0 Å². The number of hydrogen-bond donors (Lipinski definition) is 3. The Morgan fingerprint density at radius 3 is 0.957 bits per heavy atom. The molecule has 0 aromatic heterocycles. The Bertz CT molecular complexity index is 239. The van der Waals surface area contributed by atoms with Crippen molar-refractivity contribution in [3.05, 3.63) is 0 Å². The lowest BCUT2D eigenvalue weighted by Gasteiger charge is -2.28. The van der Waals surface area contributed by atoms with Crippen molar-refractivity contribution in [3.8, 4) is 0 Å². The van der Waals surface area contributed by atoms with E-state index in [1.807, 2.05) is 0 Å². The van der Waals surface area contributed by atoms with Gasteiger partial charge in [0.15, 0.2) is 0 Å². The first-order valence-electron chi connectivity index (χ1n) is 8.88. The average Bonchev–Trinajstić information content (AvgIpc) is 2.44. The van der Waals surface area contributed by atoms with Crippen LogP contribution in [0.5, 0.6) is 0 Å². The van der Waals surface area contributed by atoms with Crippen LogP contribution in [0.25, 0.3) is 0 Å². The van der Waals surface area contributed by atoms with Crippen LogP contribution < -0.4 is 17.0 Å². The molecule has 3 N–H and O–H groups in total. The molecule has 0 unspecified atom stereocenters. The van der Waals surface area contributed by atoms with Gasteiger partial charge in [0.25, 0.3) is 0 Å². The fraction of sp³-hybridized carbons (Fsp3) is 1.00. The lowest BCUT2D eigenvalue weighted by atomic mass is 10.4. The van der Waals surface area contributed by atoms with Gasteiger partial charge >= 0.3 is 7.82 Å². The van der Waals surface area contributed by atoms with E-state index in [-0.39, 0.29) is 17.0 Å². The minimum absolute atomic E-state index is 0. The summed E-state index contributed by atoms with van der Waals surface area (Å²) in [6.45, 7) is 9.42. The van der Waals surface area contributed by atoms with Crippen LogP contribution in [-0.4, -0.2) is 39.3 Å². The zero-order chi connectivity index (χ0) is 17.5. The van der Waals surface area contributed by atoms with Crippen LogP contribution in [0.15, 0.2) is 0 Å². The molecule has 0 saturated carbocycles. The van der Waals surface area contributed by atoms with E-state index in [1.54, 1.807) is 24.6 Å². The molecule has 0 heterocycles. The maximum atomic E-state index is 8.88. The molecule has 0 spiro atoms. The van der Waals surface area contributed by atoms with Crippen molar-refractivity contribution in [1.29, 1.82) is 0 Å². The standard InChI is InChI=1S/C16H36P.BrH.H3O4P/c1-5-9-13-17(14-10-6-2,15-11-7-3)16-12-8-4;;1-5(2,3)4/h5-16H2,1-4H3;1H;(H3,1,2,3,4)/q+1;;/p-1. The summed E-state index contributed by atoms with van der Waals surface area (Å²) in [6, 6.07) is 0. The van der Waals surface area contributed by atoms with Gasteiger partial charge in [0.2, 0.25) is 0 Å². The van der Waals surface area contributed by atoms with Crippen molar-refractivity contribution in [2.24, 2.45) is 0 Å². The molecule has 0 atom stereocenters. The van der Waals surface area contributed by atoms with Gasteiger partial charge in [0, 0.05) is 7.26 Å². The predicted molar refractivity (Wildman–Crippen MR) is 100 cm³/mol. The lowest BCUT2D eigenvalue weighted by molar-refractivity contribution is -0.0000142. The van der Waals surface area contributed by atoms with Crippen molar-refractivity contribution in [2.45, 2.75) is 79.1 Å². The summed E-state index contributed by atoms with van der Waals surface area (Å²) in [7, 11) is -5.20. The van der Waals surface area contributed by atoms with Crippen molar-refractivity contribution in [2.75, 3.05) is 24.6 Å². The van der Waals surface area contributed by atoms with Crippen LogP contribution in [0.3, 0.4) is 0 Å². The number of rotatable bonds is 12. The molecule has 0 aromatic rings. The first-order chi connectivity index (χ1) is 10.2. The largest absolute Gasteiger partial charge is 1.00 e. The van der Waals surface area contributed by atoms with Gasteiger partial charge in [-0.05, 0) is 25.7 Å². The quantitative estimate of drug-likeness (QED) is 0.410. The summed E-state index contributed by atoms with van der Waals surface area (Å²) in [4.78, 5) is 21.6. The molecular weight excluding hydrogens is 398 g/mol. The van der Waals surface area contributed by atoms with Crippen molar-refractivity contribution < 1.29 is 36.2 Å². The minimum Gasteiger partial charge on any atom is -1.00 e. The first-order valence-corrected chi connectivity index (χ1v) is 13.0. The maximum absolute atomic E-state index is 8.88. The summed E-state index contributed by atoms with van der Waals surface area (Å²) in [5.74, 6) is 0. The molecule has 144 valence electrons. The van der Waals surface area contributed by atoms with Gasteiger partial charge in [-0.2, -0.15) is 0 Å². The molecule has 0 aliphatic rings. The van der Waals surface area contributed by atoms with Gasteiger partial charge in [-0.25, -0.2) is 4.57 Å². The second-order valence-corrected chi connectivity index (χ2v) is 11.7. The zero-order valence-corrected chi connectivity index (χ0v) is 18.9. The van der Waals surface area contributed by atoms with Crippen molar-refractivity contribution in [1.82, 2.24) is 0 Å². The zero-order valence-electron chi connectivity index (χ0n) is 15.5. The Morgan fingerprint density at radius 2 is 0.826 bits per heavy atom. The highest BCUT2D eigenvalue weighted by Crippen LogP contribution is 2.61. The molecule has 0 bridgehead atoms. The van der Waals surface area contributed by atoms with Crippen LogP contribution in [0.2, 0.25) is 0 Å². The highest BCUT2D eigenvalue weighted by molar-refractivity contribution is 7.75. The van der Waals surface area contributed by atoms with Crippen molar-refractivity contribution in [3.63, 3.8) is 0 Å². The second-order valence-electron chi connectivity index (χ2n) is 6.16. The molecule has 4 nitrogen and oxygen atoms in total. The summed E-state index contributed by atoms with van der Waals surface area (Å²) in [6.07, 6.45) is 17.9. The smallest absolute Gasteiger partial charge is 0.466 e. The highest BCUT2D eigenvalue weighted by Gasteiger charge is 2.34. The third-order valence-electron chi connectivity index (χ3n) is 3.94. The summed E-state index contributed by atoms with van der Waals surface area (Å²) in [5.41, 5.74) is 0. The molecule has 0 aromatic carbocycles. The molecule has 0 fully saturated rings. The van der Waals surface area contributed by atoms with E-state index < -0.39 is 15.1 Å². The molecule has 0 rings (SSSR count). The normalized spacial score (nSPS) is 11.4. The molecule has 0 amide bonds. The highest BCUT2D eigenvalue weighted by atomic mass is 79.9. The fourth-order valence-electron chi connectivity index (χ4n) is 2.64. The van der Waals surface area contributed by atoms with Crippen molar-refractivity contribution >= 4 is 15.1 Å². The Kier molecular flexibility index (Phi) is 22.3. The van der Waals surface area contributed by atoms with Crippen LogP contribution >= 0.6 is 15.1 Å². The summed E-state index contributed by atoms with van der Waals surface area (Å²) in [5, 5.41) is 0. The number of hydrogen-bond acceptors (Lipinski definition) is 1. The molecular formula is C16H39BrO4P2. The lowest BCUT2D eigenvalue weighted by Crippen LogP contribution is -3.00. The van der Waals surface area contributed by atoms with Gasteiger partial charge in [-0.3, -0.25) is 0 Å². The van der Waals surface area contributed by atoms with E-state index in [2.05, 4.69) is 27.7 Å². The molecule has 0 radical (unpaired) electrons. The van der Waals surface area contributed by atoms with E-state index in [0.29, 0.717) is 0 Å². The predicted octanol–water partition coefficient (Wildman–Crippen LogP) is 2.28. The van der Waals surface area contributed by atoms with E-state index in [9.17, 15) is 0 Å². The molecule has 0 saturated heterocycles. The van der Waals surface area contributed by atoms with Gasteiger partial charge < -0.3 is 31.7 Å². The summed E-state index contributed by atoms with van der Waals surface area (Å²) >= 11 is 0. The molecule has 7 heteroatoms. The Labute approximate surface area is 155 Å². The van der Waals surface area contributed by atoms with E-state index in [4.69, 9.17) is 19.2 Å². The van der Waals surface area contributed by atoms with Gasteiger partial charge in [0.05, 0.1) is 24.6 Å². The van der Waals surface area contributed by atoms with Gasteiger partial charge in [0.1, 0.15) is 0 Å². The Balaban J connectivity index is -0.000000578. The number of halogens is 1. The minimum atomic E-state index is -4.64. The number of unbranched alkanes of at least 4 members (excludes halogenated alkanes) is 4. The summed E-state index contributed by atoms with van der Waals surface area (Å²) < 4.78 is 8.88. The third kappa shape index (κ3) is 23.0. The van der Waals surface area contributed by atoms with Gasteiger partial charge in [-0.15, -0.1) is 0 Å². The maximum Gasteiger partial charge on any atom is 0.466 e. The van der Waals surface area contributed by atoms with Crippen LogP contribution in [0, 0.1) is 0 Å². The van der Waals surface area contributed by atoms with Crippen LogP contribution in [0.4, 0.5) is 0 Å². The number of phosphoric acid groups is 1. The molecule has 0 aliphatic carbocycles. The van der Waals surface area contributed by atoms with E-state index in [1.165, 1.54) is 51.4 Å². The Hall–Kier alpha value is 1.02. The van der Waals surface area contributed by atoms with Crippen LogP contribution in [-0.2, 0) is 4.57 Å². The first kappa shape index (κ1) is 28.8. The monoisotopic (exact) mass is 436 g/mol. The SMILES string of the molecule is CCCC[P+](CCCC)(CCCC)CCCC.O=P(O)(O)O.[Br-]. The van der Waals surface area contributed by atoms with E-state index >= 15 is 0 Å². The molecule has 0 aliphatic heterocycles. The Morgan fingerprint density at radius 1 is 0.652 bits per heavy atom. The van der Waals surface area contributed by atoms with Gasteiger partial charge in [-0.1, -0.05) is 53.4 Å². The fourth-order valence-corrected chi connectivity index (χ4v) is 7.93. The average molecular weight is 437 g/mol. The molecule has 23 heavy (non-hydrogen) atoms. The topological polar surface area (TPSA) is 77.8 Å². The third-order valence-corrected chi connectivity index (χ3v) is 9.00. The second kappa shape index (κ2) is 17.8.